The predicted molar refractivity (Wildman–Crippen MR) is 99.1 cm³/mol. The highest BCUT2D eigenvalue weighted by Gasteiger charge is 2.22. The van der Waals surface area contributed by atoms with E-state index in [0.29, 0.717) is 16.9 Å². The fraction of sp³-hybridized carbons (Fsp3) is 0.200. The molecule has 4 N–H and O–H groups in total. The monoisotopic (exact) mass is 407 g/mol. The molecule has 0 saturated carbocycles. The highest BCUT2D eigenvalue weighted by atomic mass is 35.5. The van der Waals surface area contributed by atoms with Crippen LogP contribution in [0.4, 0.5) is 11.6 Å². The van der Waals surface area contributed by atoms with Crippen LogP contribution in [0.2, 0.25) is 5.15 Å². The standard InChI is InChI=1S/C15H14ClN7O3S/c1-27(25,26)7-2-3-9-8(4-7)20-10-5-18-15(24)11-14(19-6-23(9)10)22-13(17)12(16)21-11/h2-4H,5-6H2,1H3,(H,18,24)(H3,17,19,22). The first kappa shape index (κ1) is 17.5. The van der Waals surface area contributed by atoms with Gasteiger partial charge in [0.2, 0.25) is 0 Å². The molecule has 12 heteroatoms. The van der Waals surface area contributed by atoms with Gasteiger partial charge in [0.05, 0.1) is 29.1 Å². The van der Waals surface area contributed by atoms with Crippen molar-refractivity contribution in [3.8, 4) is 0 Å². The minimum absolute atomic E-state index is 0.00321. The fourth-order valence-electron chi connectivity index (χ4n) is 2.81. The number of nitrogens with two attached hydrogens (primary N) is 1. The molecule has 0 aliphatic carbocycles. The number of sulfone groups is 1. The van der Waals surface area contributed by atoms with Crippen LogP contribution in [0.15, 0.2) is 23.1 Å². The van der Waals surface area contributed by atoms with E-state index in [1.54, 1.807) is 6.07 Å². The van der Waals surface area contributed by atoms with Crippen LogP contribution in [0, 0.1) is 0 Å². The normalized spacial score (nSPS) is 14.4. The molecule has 1 aliphatic heterocycles. The number of nitrogen functional groups attached to an aromatic ring is 1. The smallest absolute Gasteiger partial charge is 0.274 e. The Balaban J connectivity index is 1.82. The third-order valence-electron chi connectivity index (χ3n) is 4.13. The Hall–Kier alpha value is -2.92. The highest BCUT2D eigenvalue weighted by molar-refractivity contribution is 7.90. The summed E-state index contributed by atoms with van der Waals surface area (Å²) in [6.45, 7) is 0.342. The van der Waals surface area contributed by atoms with Crippen molar-refractivity contribution in [1.29, 1.82) is 0 Å². The number of amides is 1. The number of carbonyl (C=O) groups is 1. The summed E-state index contributed by atoms with van der Waals surface area (Å²) in [6.07, 6.45) is 1.14. The van der Waals surface area contributed by atoms with E-state index in [9.17, 15) is 13.2 Å². The highest BCUT2D eigenvalue weighted by Crippen LogP contribution is 2.24. The minimum atomic E-state index is -3.35. The molecule has 4 rings (SSSR count). The topological polar surface area (TPSA) is 145 Å². The van der Waals surface area contributed by atoms with E-state index >= 15 is 0 Å². The number of imidazole rings is 1. The second kappa shape index (κ2) is 6.06. The Morgan fingerprint density at radius 2 is 2.00 bits per heavy atom. The van der Waals surface area contributed by atoms with Crippen LogP contribution in [0.25, 0.3) is 11.0 Å². The summed E-state index contributed by atoms with van der Waals surface area (Å²) in [5.74, 6) is 0.257. The van der Waals surface area contributed by atoms with Gasteiger partial charge in [-0.3, -0.25) is 4.79 Å². The average Bonchev–Trinajstić information content (AvgIpc) is 2.97. The molecule has 3 aromatic rings. The van der Waals surface area contributed by atoms with E-state index in [0.717, 1.165) is 6.26 Å². The third kappa shape index (κ3) is 3.04. The van der Waals surface area contributed by atoms with Crippen molar-refractivity contribution in [3.63, 3.8) is 0 Å². The number of fused-ring (bicyclic) bond motifs is 4. The van der Waals surface area contributed by atoms with Crippen molar-refractivity contribution in [1.82, 2.24) is 24.8 Å². The van der Waals surface area contributed by atoms with Gasteiger partial charge in [0.15, 0.2) is 32.3 Å². The van der Waals surface area contributed by atoms with Crippen LogP contribution in [-0.4, -0.2) is 40.1 Å². The van der Waals surface area contributed by atoms with Gasteiger partial charge in [-0.1, -0.05) is 11.6 Å². The predicted octanol–water partition coefficient (Wildman–Crippen LogP) is 0.778. The number of hydrogen-bond acceptors (Lipinski definition) is 8. The Morgan fingerprint density at radius 1 is 1.22 bits per heavy atom. The molecule has 0 unspecified atom stereocenters. The van der Waals surface area contributed by atoms with Crippen LogP contribution in [0.3, 0.4) is 0 Å². The van der Waals surface area contributed by atoms with Crippen LogP contribution in [-0.2, 0) is 23.1 Å². The number of aromatic nitrogens is 4. The van der Waals surface area contributed by atoms with Gasteiger partial charge < -0.3 is 20.9 Å². The molecule has 1 aromatic carbocycles. The molecule has 140 valence electrons. The number of rotatable bonds is 1. The first-order valence-electron chi connectivity index (χ1n) is 7.78. The zero-order valence-electron chi connectivity index (χ0n) is 14.0. The van der Waals surface area contributed by atoms with Crippen LogP contribution >= 0.6 is 11.6 Å². The SMILES string of the molecule is CS(=O)(=O)c1ccc2c(c1)nc1n2CNc2nc(N)c(Cl)nc2C(=O)NC1. The molecule has 27 heavy (non-hydrogen) atoms. The van der Waals surface area contributed by atoms with E-state index in [1.165, 1.54) is 12.1 Å². The lowest BCUT2D eigenvalue weighted by Crippen LogP contribution is -2.25. The number of halogens is 1. The molecule has 2 aromatic heterocycles. The van der Waals surface area contributed by atoms with Crippen molar-refractivity contribution in [2.24, 2.45) is 0 Å². The van der Waals surface area contributed by atoms with E-state index < -0.39 is 15.7 Å². The summed E-state index contributed by atoms with van der Waals surface area (Å²) in [7, 11) is -3.35. The summed E-state index contributed by atoms with van der Waals surface area (Å²) in [6, 6.07) is 4.69. The lowest BCUT2D eigenvalue weighted by Gasteiger charge is -2.11. The van der Waals surface area contributed by atoms with Gasteiger partial charge in [-0.2, -0.15) is 0 Å². The molecular formula is C15H14ClN7O3S. The molecule has 10 nitrogen and oxygen atoms in total. The third-order valence-corrected chi connectivity index (χ3v) is 5.52. The summed E-state index contributed by atoms with van der Waals surface area (Å²) >= 11 is 5.87. The number of anilines is 2. The number of benzene rings is 1. The van der Waals surface area contributed by atoms with E-state index in [1.807, 2.05) is 4.57 Å². The van der Waals surface area contributed by atoms with Crippen LogP contribution in [0.5, 0.6) is 0 Å². The van der Waals surface area contributed by atoms with Crippen molar-refractivity contribution in [2.75, 3.05) is 17.3 Å². The van der Waals surface area contributed by atoms with E-state index in [-0.39, 0.29) is 40.6 Å². The number of nitrogens with one attached hydrogen (secondary N) is 2. The van der Waals surface area contributed by atoms with Crippen molar-refractivity contribution in [2.45, 2.75) is 18.1 Å². The molecule has 3 heterocycles. The molecule has 0 atom stereocenters. The van der Waals surface area contributed by atoms with Crippen LogP contribution in [0.1, 0.15) is 16.3 Å². The quantitative estimate of drug-likeness (QED) is 0.536. The maximum atomic E-state index is 12.4. The molecule has 0 bridgehead atoms. The zero-order chi connectivity index (χ0) is 19.3. The van der Waals surface area contributed by atoms with E-state index in [2.05, 4.69) is 25.6 Å². The molecule has 1 amide bonds. The maximum Gasteiger partial charge on any atom is 0.274 e. The summed E-state index contributed by atoms with van der Waals surface area (Å²) in [5, 5.41) is 5.67. The van der Waals surface area contributed by atoms with Gasteiger partial charge in [0.1, 0.15) is 5.82 Å². The molecule has 0 saturated heterocycles. The Kier molecular flexibility index (Phi) is 3.93. The molecule has 0 radical (unpaired) electrons. The second-order valence-electron chi connectivity index (χ2n) is 5.99. The Morgan fingerprint density at radius 3 is 2.74 bits per heavy atom. The van der Waals surface area contributed by atoms with Crippen molar-refractivity contribution < 1.29 is 13.2 Å². The van der Waals surface area contributed by atoms with Gasteiger partial charge in [-0.25, -0.2) is 23.4 Å². The fourth-order valence-corrected chi connectivity index (χ4v) is 3.58. The minimum Gasteiger partial charge on any atom is -0.381 e. The maximum absolute atomic E-state index is 12.4. The largest absolute Gasteiger partial charge is 0.381 e. The van der Waals surface area contributed by atoms with Crippen molar-refractivity contribution >= 4 is 50.0 Å². The first-order valence-corrected chi connectivity index (χ1v) is 10.1. The summed E-state index contributed by atoms with van der Waals surface area (Å²) < 4.78 is 25.4. The first-order chi connectivity index (χ1) is 12.7. The summed E-state index contributed by atoms with van der Waals surface area (Å²) in [4.78, 5) is 25.1. The zero-order valence-corrected chi connectivity index (χ0v) is 15.6. The lowest BCUT2D eigenvalue weighted by atomic mass is 10.3. The van der Waals surface area contributed by atoms with Crippen molar-refractivity contribution in [3.05, 3.63) is 34.9 Å². The molecule has 0 spiro atoms. The number of nitrogens with zero attached hydrogens (tertiary/aromatic N) is 4. The second-order valence-corrected chi connectivity index (χ2v) is 8.37. The average molecular weight is 408 g/mol. The Labute approximate surface area is 158 Å². The number of carbonyl (C=O) groups excluding carboxylic acids is 1. The van der Waals surface area contributed by atoms with Gasteiger partial charge in [-0.15, -0.1) is 0 Å². The van der Waals surface area contributed by atoms with Gasteiger partial charge >= 0.3 is 0 Å². The number of hydrogen-bond donors (Lipinski definition) is 3. The van der Waals surface area contributed by atoms with E-state index in [4.69, 9.17) is 17.3 Å². The Bertz CT molecular complexity index is 1210. The van der Waals surface area contributed by atoms with Gasteiger partial charge in [0.25, 0.3) is 5.91 Å². The van der Waals surface area contributed by atoms with Gasteiger partial charge in [-0.05, 0) is 18.2 Å². The molecule has 1 aliphatic rings. The van der Waals surface area contributed by atoms with Crippen LogP contribution < -0.4 is 16.4 Å². The van der Waals surface area contributed by atoms with Gasteiger partial charge in [0, 0.05) is 6.26 Å². The molecular weight excluding hydrogens is 394 g/mol. The lowest BCUT2D eigenvalue weighted by molar-refractivity contribution is 0.0945. The molecule has 0 fully saturated rings. The summed E-state index contributed by atoms with van der Waals surface area (Å²) in [5.41, 5.74) is 6.93.